The van der Waals surface area contributed by atoms with Crippen LogP contribution in [0.3, 0.4) is 0 Å². The Hall–Kier alpha value is -2.28. The molecule has 7 heteroatoms. The molecule has 2 aromatic rings. The van der Waals surface area contributed by atoms with Gasteiger partial charge in [0.05, 0.1) is 23.6 Å². The molecule has 4 heterocycles. The number of hydrogen-bond donors (Lipinski definition) is 0. The van der Waals surface area contributed by atoms with Crippen LogP contribution in [0.15, 0.2) is 35.5 Å². The summed E-state index contributed by atoms with van der Waals surface area (Å²) < 4.78 is 0. The van der Waals surface area contributed by atoms with Gasteiger partial charge >= 0.3 is 0 Å². The number of amides is 2. The van der Waals surface area contributed by atoms with Crippen LogP contribution >= 0.6 is 11.3 Å². The maximum Gasteiger partial charge on any atom is 0.254 e. The third-order valence-corrected chi connectivity index (χ3v) is 5.36. The molecule has 6 nitrogen and oxygen atoms in total. The van der Waals surface area contributed by atoms with Crippen molar-refractivity contribution in [1.82, 2.24) is 14.9 Å². The maximum atomic E-state index is 12.5. The molecule has 1 atom stereocenters. The normalized spacial score (nSPS) is 23.9. The van der Waals surface area contributed by atoms with Gasteiger partial charge in [0.1, 0.15) is 6.33 Å². The highest BCUT2D eigenvalue weighted by molar-refractivity contribution is 7.08. The molecule has 2 saturated heterocycles. The van der Waals surface area contributed by atoms with Crippen LogP contribution in [0, 0.1) is 5.41 Å². The summed E-state index contributed by atoms with van der Waals surface area (Å²) in [7, 11) is 0. The van der Waals surface area contributed by atoms with Crippen molar-refractivity contribution in [3.05, 3.63) is 41.1 Å². The molecule has 0 aromatic carbocycles. The summed E-state index contributed by atoms with van der Waals surface area (Å²) >= 11 is 1.52. The minimum Gasteiger partial charge on any atom is -0.338 e. The summed E-state index contributed by atoms with van der Waals surface area (Å²) in [6, 6.07) is 1.85. The molecule has 2 amide bonds. The molecule has 2 aliphatic heterocycles. The maximum absolute atomic E-state index is 12.5. The average Bonchev–Trinajstić information content (AvgIpc) is 3.29. The van der Waals surface area contributed by atoms with Crippen molar-refractivity contribution < 1.29 is 9.59 Å². The van der Waals surface area contributed by atoms with Gasteiger partial charge in [-0.25, -0.2) is 9.97 Å². The molecule has 0 aliphatic carbocycles. The Morgan fingerprint density at radius 3 is 2.83 bits per heavy atom. The molecule has 2 aliphatic rings. The fourth-order valence-corrected chi connectivity index (χ4v) is 4.14. The quantitative estimate of drug-likeness (QED) is 0.843. The van der Waals surface area contributed by atoms with Gasteiger partial charge in [-0.05, 0) is 17.9 Å². The fraction of sp³-hybridized carbons (Fsp3) is 0.375. The van der Waals surface area contributed by atoms with E-state index in [1.165, 1.54) is 17.7 Å². The number of rotatable bonds is 2. The SMILES string of the molecule is O=C(c1ccsc1)N1CCC2(CC(=O)N(c3cncnc3)C2)C1. The van der Waals surface area contributed by atoms with E-state index >= 15 is 0 Å². The third-order valence-electron chi connectivity index (χ3n) is 4.67. The second kappa shape index (κ2) is 5.42. The summed E-state index contributed by atoms with van der Waals surface area (Å²) in [6.45, 7) is 1.98. The highest BCUT2D eigenvalue weighted by atomic mass is 32.1. The van der Waals surface area contributed by atoms with Gasteiger partial charge in [0.25, 0.3) is 5.91 Å². The monoisotopic (exact) mass is 328 g/mol. The second-order valence-corrected chi connectivity index (χ2v) is 7.02. The van der Waals surface area contributed by atoms with E-state index in [1.807, 2.05) is 21.7 Å². The van der Waals surface area contributed by atoms with Gasteiger partial charge in [-0.3, -0.25) is 9.59 Å². The van der Waals surface area contributed by atoms with Crippen LogP contribution in [0.5, 0.6) is 0 Å². The minimum atomic E-state index is -0.140. The molecule has 23 heavy (non-hydrogen) atoms. The standard InChI is InChI=1S/C16H16N4O2S/c21-14-5-16(10-20(14)13-6-17-11-18-7-13)2-3-19(9-16)15(22)12-1-4-23-8-12/h1,4,6-8,11H,2-3,5,9-10H2. The molecule has 2 fully saturated rings. The molecule has 0 radical (unpaired) electrons. The summed E-state index contributed by atoms with van der Waals surface area (Å²) in [5, 5.41) is 3.79. The minimum absolute atomic E-state index is 0.0667. The van der Waals surface area contributed by atoms with Crippen LogP contribution in [0.2, 0.25) is 0 Å². The predicted molar refractivity (Wildman–Crippen MR) is 86.3 cm³/mol. The molecule has 1 unspecified atom stereocenters. The summed E-state index contributed by atoms with van der Waals surface area (Å²) in [5.41, 5.74) is 1.33. The Morgan fingerprint density at radius 1 is 1.26 bits per heavy atom. The van der Waals surface area contributed by atoms with Gasteiger partial charge in [-0.1, -0.05) is 0 Å². The van der Waals surface area contributed by atoms with Crippen molar-refractivity contribution in [3.8, 4) is 0 Å². The summed E-state index contributed by atoms with van der Waals surface area (Å²) in [4.78, 5) is 36.5. The Kier molecular flexibility index (Phi) is 3.37. The molecule has 0 saturated carbocycles. The lowest BCUT2D eigenvalue weighted by Gasteiger charge is -2.23. The van der Waals surface area contributed by atoms with Gasteiger partial charge in [-0.2, -0.15) is 11.3 Å². The third kappa shape index (κ3) is 2.50. The first kappa shape index (κ1) is 14.3. The first-order chi connectivity index (χ1) is 11.2. The molecule has 2 aromatic heterocycles. The van der Waals surface area contributed by atoms with Crippen LogP contribution in [0.1, 0.15) is 23.2 Å². The number of aromatic nitrogens is 2. The molecule has 4 rings (SSSR count). The number of thiophene rings is 1. The zero-order valence-electron chi connectivity index (χ0n) is 12.5. The highest BCUT2D eigenvalue weighted by Gasteiger charge is 2.49. The summed E-state index contributed by atoms with van der Waals surface area (Å²) in [5.74, 6) is 0.154. The van der Waals surface area contributed by atoms with Crippen LogP contribution in [0.25, 0.3) is 0 Å². The van der Waals surface area contributed by atoms with Crippen molar-refractivity contribution in [1.29, 1.82) is 0 Å². The number of anilines is 1. The Morgan fingerprint density at radius 2 is 2.09 bits per heavy atom. The van der Waals surface area contributed by atoms with Gasteiger partial charge < -0.3 is 9.80 Å². The Bertz CT molecular complexity index is 734. The van der Waals surface area contributed by atoms with Crippen molar-refractivity contribution >= 4 is 28.8 Å². The van der Waals surface area contributed by atoms with Crippen molar-refractivity contribution in [3.63, 3.8) is 0 Å². The van der Waals surface area contributed by atoms with Crippen molar-refractivity contribution in [2.24, 2.45) is 5.41 Å². The number of hydrogen-bond acceptors (Lipinski definition) is 5. The molecule has 118 valence electrons. The number of carbonyl (C=O) groups excluding carboxylic acids is 2. The largest absolute Gasteiger partial charge is 0.338 e. The van der Waals surface area contributed by atoms with E-state index in [0.29, 0.717) is 26.1 Å². The zero-order valence-corrected chi connectivity index (χ0v) is 13.3. The van der Waals surface area contributed by atoms with Crippen LogP contribution < -0.4 is 4.90 Å². The molecular formula is C16H16N4O2S. The molecule has 0 bridgehead atoms. The second-order valence-electron chi connectivity index (χ2n) is 6.24. The first-order valence-corrected chi connectivity index (χ1v) is 8.48. The topological polar surface area (TPSA) is 66.4 Å². The zero-order chi connectivity index (χ0) is 15.9. The van der Waals surface area contributed by atoms with E-state index < -0.39 is 0 Å². The van der Waals surface area contributed by atoms with Crippen molar-refractivity contribution in [2.75, 3.05) is 24.5 Å². The lowest BCUT2D eigenvalue weighted by atomic mass is 9.86. The Labute approximate surface area is 137 Å². The van der Waals surface area contributed by atoms with E-state index in [1.54, 1.807) is 17.3 Å². The highest BCUT2D eigenvalue weighted by Crippen LogP contribution is 2.41. The molecule has 1 spiro atoms. The molecule has 0 N–H and O–H groups in total. The predicted octanol–water partition coefficient (Wildman–Crippen LogP) is 1.81. The number of nitrogens with zero attached hydrogens (tertiary/aromatic N) is 4. The van der Waals surface area contributed by atoms with Gasteiger partial charge in [0, 0.05) is 36.9 Å². The van der Waals surface area contributed by atoms with E-state index in [-0.39, 0.29) is 17.2 Å². The van der Waals surface area contributed by atoms with Gasteiger partial charge in [-0.15, -0.1) is 0 Å². The first-order valence-electron chi connectivity index (χ1n) is 7.54. The molecular weight excluding hydrogens is 312 g/mol. The average molecular weight is 328 g/mol. The van der Waals surface area contributed by atoms with E-state index in [2.05, 4.69) is 9.97 Å². The number of carbonyl (C=O) groups is 2. The van der Waals surface area contributed by atoms with E-state index in [4.69, 9.17) is 0 Å². The van der Waals surface area contributed by atoms with E-state index in [9.17, 15) is 9.59 Å². The smallest absolute Gasteiger partial charge is 0.254 e. The Balaban J connectivity index is 1.51. The lowest BCUT2D eigenvalue weighted by Crippen LogP contribution is -2.34. The fourth-order valence-electron chi connectivity index (χ4n) is 3.51. The lowest BCUT2D eigenvalue weighted by molar-refractivity contribution is -0.117. The van der Waals surface area contributed by atoms with Crippen LogP contribution in [-0.2, 0) is 4.79 Å². The van der Waals surface area contributed by atoms with E-state index in [0.717, 1.165) is 17.7 Å². The number of likely N-dealkylation sites (tertiary alicyclic amines) is 1. The van der Waals surface area contributed by atoms with Gasteiger partial charge in [0.15, 0.2) is 0 Å². The van der Waals surface area contributed by atoms with Gasteiger partial charge in [0.2, 0.25) is 5.91 Å². The van der Waals surface area contributed by atoms with Crippen LogP contribution in [0.4, 0.5) is 5.69 Å². The summed E-state index contributed by atoms with van der Waals surface area (Å²) in [6.07, 6.45) is 6.12. The van der Waals surface area contributed by atoms with Crippen LogP contribution in [-0.4, -0.2) is 46.3 Å². The van der Waals surface area contributed by atoms with Crippen molar-refractivity contribution in [2.45, 2.75) is 12.8 Å².